The third-order valence-corrected chi connectivity index (χ3v) is 11.8. The number of carbonyl (C=O) groups is 7. The number of rotatable bonds is 46. The number of nitrogens with zero attached hydrogens (tertiary/aromatic N) is 3. The summed E-state index contributed by atoms with van der Waals surface area (Å²) < 4.78 is 55.9. The van der Waals surface area contributed by atoms with Crippen molar-refractivity contribution in [1.82, 2.24) is 26.2 Å². The standard InChI is InChI=1S/C50H87N11O23/c1-4-12-75-18-20-79-22-23-80-21-19-78-15-7-40(70)61(10-16-76-13-5-8-55-38(68)28-81-43(34(66)26-62)45-41(57-30(2)64)32(59-49(51)52)24-36(83-45)47(71)72)11-17-77-14-6-9-56-39(69)29-82-44(35(67)27-63)46-42(58-31(3)65)33(60-50(53)54)25-37(84-46)48(73)74/h24-25,32-35,41-46,62-63,66-67H,4-23,26-29H2,1-3H3,(H,55,68)(H,56,69)(H,57,64)(H,58,65)(H,71,72)(H,73,74)(H4,51,52,59)(H4,53,54,60)/t32-,33-,34+,35+,41+,42+,43+,44+,45+,46+/m0/s1. The van der Waals surface area contributed by atoms with Gasteiger partial charge in [-0.2, -0.15) is 0 Å². The summed E-state index contributed by atoms with van der Waals surface area (Å²) >= 11 is 0. The van der Waals surface area contributed by atoms with Gasteiger partial charge in [0.1, 0.15) is 37.6 Å². The Morgan fingerprint density at radius 1 is 0.583 bits per heavy atom. The van der Waals surface area contributed by atoms with E-state index < -0.39 is 146 Å². The van der Waals surface area contributed by atoms with Gasteiger partial charge in [0.15, 0.2) is 24.1 Å². The van der Waals surface area contributed by atoms with Gasteiger partial charge in [0, 0.05) is 59.8 Å². The number of ether oxygens (including phenoxy) is 10. The first kappa shape index (κ1) is 73.5. The van der Waals surface area contributed by atoms with Crippen LogP contribution >= 0.6 is 0 Å². The lowest BCUT2D eigenvalue weighted by molar-refractivity contribution is -0.158. The number of carbonyl (C=O) groups excluding carboxylic acids is 5. The van der Waals surface area contributed by atoms with Crippen LogP contribution in [0.2, 0.25) is 0 Å². The molecule has 480 valence electrons. The number of guanidine groups is 2. The third-order valence-electron chi connectivity index (χ3n) is 11.8. The maximum absolute atomic E-state index is 13.4. The molecule has 84 heavy (non-hydrogen) atoms. The van der Waals surface area contributed by atoms with Crippen molar-refractivity contribution >= 4 is 53.4 Å². The van der Waals surface area contributed by atoms with Crippen molar-refractivity contribution in [3.63, 3.8) is 0 Å². The van der Waals surface area contributed by atoms with Gasteiger partial charge in [-0.05, 0) is 31.4 Å². The molecule has 0 radical (unpaired) electrons. The fourth-order valence-corrected chi connectivity index (χ4v) is 8.04. The SMILES string of the molecule is CCCOCCOCCOCCOCCC(=O)N(CCOCCCNC(=O)CO[C@@H]([C@@H]1OC(C(=O)O)=C[C@H](N=C(N)N)[C@H]1NC(C)=O)[C@H](O)CO)CCOCCCNC(=O)CO[C@@H]([C@@H]1OC(C(=O)O)=C[C@H](N=C(N)N)[C@H]1NC(C)=O)[C@H](O)CO. The van der Waals surface area contributed by atoms with Gasteiger partial charge >= 0.3 is 11.9 Å². The van der Waals surface area contributed by atoms with Crippen LogP contribution in [0, 0.1) is 0 Å². The zero-order chi connectivity index (χ0) is 62.4. The summed E-state index contributed by atoms with van der Waals surface area (Å²) in [5.41, 5.74) is 22.2. The van der Waals surface area contributed by atoms with Crippen LogP contribution in [-0.4, -0.2) is 282 Å². The Kier molecular flexibility index (Phi) is 37.0. The molecular weight excluding hydrogens is 1120 g/mol. The Labute approximate surface area is 485 Å². The summed E-state index contributed by atoms with van der Waals surface area (Å²) in [6, 6.07) is -4.82. The van der Waals surface area contributed by atoms with E-state index in [1.165, 1.54) is 4.90 Å². The predicted octanol–water partition coefficient (Wildman–Crippen LogP) is -6.77. The normalized spacial score (nSPS) is 19.8. The fraction of sp³-hybridized carbons (Fsp3) is 0.740. The Morgan fingerprint density at radius 2 is 0.952 bits per heavy atom. The van der Waals surface area contributed by atoms with Crippen molar-refractivity contribution in [3.05, 3.63) is 23.7 Å². The van der Waals surface area contributed by atoms with Gasteiger partial charge < -0.3 is 127 Å². The molecule has 2 aliphatic rings. The number of nitrogens with one attached hydrogen (secondary N) is 4. The molecule has 2 rings (SSSR count). The highest BCUT2D eigenvalue weighted by atomic mass is 16.6. The molecule has 18 N–H and O–H groups in total. The number of carboxylic acids is 2. The van der Waals surface area contributed by atoms with E-state index in [-0.39, 0.29) is 84.8 Å². The molecular formula is C50H87N11O23. The summed E-state index contributed by atoms with van der Waals surface area (Å²) in [6.45, 7) is 5.10. The number of carboxylic acid groups (broad SMARTS) is 2. The Hall–Kier alpha value is -6.57. The largest absolute Gasteiger partial charge is 0.478 e. The highest BCUT2D eigenvalue weighted by Crippen LogP contribution is 2.28. The molecule has 2 heterocycles. The van der Waals surface area contributed by atoms with Gasteiger partial charge in [-0.1, -0.05) is 6.92 Å². The molecule has 5 amide bonds. The predicted molar refractivity (Wildman–Crippen MR) is 293 cm³/mol. The van der Waals surface area contributed by atoms with E-state index in [9.17, 15) is 64.2 Å². The Balaban J connectivity index is 1.93. The number of hydrogen-bond acceptors (Lipinski definition) is 23. The van der Waals surface area contributed by atoms with Crippen LogP contribution < -0.4 is 44.2 Å². The fourth-order valence-electron chi connectivity index (χ4n) is 8.04. The molecule has 10 atom stereocenters. The van der Waals surface area contributed by atoms with E-state index in [2.05, 4.69) is 31.3 Å². The molecule has 0 spiro atoms. The van der Waals surface area contributed by atoms with Crippen molar-refractivity contribution in [3.8, 4) is 0 Å². The molecule has 0 aliphatic carbocycles. The van der Waals surface area contributed by atoms with Crippen LogP contribution in [0.25, 0.3) is 0 Å². The quantitative estimate of drug-likeness (QED) is 0.0153. The van der Waals surface area contributed by atoms with E-state index >= 15 is 0 Å². The van der Waals surface area contributed by atoms with Gasteiger partial charge in [-0.15, -0.1) is 0 Å². The number of amides is 5. The monoisotopic (exact) mass is 1210 g/mol. The van der Waals surface area contributed by atoms with Crippen molar-refractivity contribution < 1.29 is 112 Å². The average Bonchev–Trinajstić information content (AvgIpc) is 3.65. The number of aliphatic carboxylic acids is 2. The van der Waals surface area contributed by atoms with Crippen LogP contribution in [0.1, 0.15) is 46.5 Å². The minimum absolute atomic E-state index is 0.0273. The summed E-state index contributed by atoms with van der Waals surface area (Å²) in [5, 5.41) is 70.7. The molecule has 0 bridgehead atoms. The molecule has 34 heteroatoms. The van der Waals surface area contributed by atoms with Crippen molar-refractivity contribution in [1.29, 1.82) is 0 Å². The van der Waals surface area contributed by atoms with E-state index in [0.29, 0.717) is 45.9 Å². The molecule has 2 aliphatic heterocycles. The van der Waals surface area contributed by atoms with Gasteiger partial charge in [0.25, 0.3) is 0 Å². The topological polar surface area (TPSA) is 513 Å². The minimum Gasteiger partial charge on any atom is -0.478 e. The number of nitrogens with two attached hydrogens (primary N) is 4. The smallest absolute Gasteiger partial charge is 0.370 e. The second-order valence-electron chi connectivity index (χ2n) is 18.6. The van der Waals surface area contributed by atoms with Crippen LogP contribution in [0.3, 0.4) is 0 Å². The van der Waals surface area contributed by atoms with Crippen molar-refractivity contribution in [2.75, 3.05) is 132 Å². The minimum atomic E-state index is -1.73. The first-order valence-electron chi connectivity index (χ1n) is 27.2. The zero-order valence-electron chi connectivity index (χ0n) is 47.7. The zero-order valence-corrected chi connectivity index (χ0v) is 47.7. The summed E-state index contributed by atoms with van der Waals surface area (Å²) in [6.07, 6.45) is -5.96. The van der Waals surface area contributed by atoms with E-state index in [0.717, 1.165) is 32.4 Å². The van der Waals surface area contributed by atoms with Gasteiger partial charge in [0.2, 0.25) is 41.1 Å². The lowest BCUT2D eigenvalue weighted by atomic mass is 9.92. The first-order valence-corrected chi connectivity index (χ1v) is 27.2. The third kappa shape index (κ3) is 29.8. The second-order valence-corrected chi connectivity index (χ2v) is 18.6. The number of aliphatic hydroxyl groups is 4. The highest BCUT2D eigenvalue weighted by molar-refractivity contribution is 5.86. The number of aliphatic imine (C=N–C) groups is 2. The van der Waals surface area contributed by atoms with E-state index in [1.807, 2.05) is 6.92 Å². The molecule has 0 aromatic carbocycles. The molecule has 0 fully saturated rings. The van der Waals surface area contributed by atoms with E-state index in [1.54, 1.807) is 0 Å². The van der Waals surface area contributed by atoms with Crippen LogP contribution in [0.5, 0.6) is 0 Å². The summed E-state index contributed by atoms with van der Waals surface area (Å²) in [4.78, 5) is 96.6. The van der Waals surface area contributed by atoms with Crippen LogP contribution in [-0.2, 0) is 80.9 Å². The Bertz CT molecular complexity index is 2010. The van der Waals surface area contributed by atoms with Gasteiger partial charge in [0.05, 0.1) is 103 Å². The molecule has 0 unspecified atom stereocenters. The highest BCUT2D eigenvalue weighted by Gasteiger charge is 2.47. The van der Waals surface area contributed by atoms with E-state index in [4.69, 9.17) is 70.3 Å². The second kappa shape index (κ2) is 42.3. The van der Waals surface area contributed by atoms with Crippen LogP contribution in [0.4, 0.5) is 0 Å². The lowest BCUT2D eigenvalue weighted by Crippen LogP contribution is -2.60. The lowest BCUT2D eigenvalue weighted by Gasteiger charge is -2.40. The summed E-state index contributed by atoms with van der Waals surface area (Å²) in [5.74, 6) is -8.04. The van der Waals surface area contributed by atoms with Gasteiger partial charge in [-0.3, -0.25) is 24.0 Å². The van der Waals surface area contributed by atoms with Gasteiger partial charge in [-0.25, -0.2) is 19.6 Å². The number of hydrogen-bond donors (Lipinski definition) is 14. The molecule has 0 saturated carbocycles. The molecule has 0 aromatic rings. The number of aliphatic hydroxyl groups excluding tert-OH is 4. The summed E-state index contributed by atoms with van der Waals surface area (Å²) in [7, 11) is 0. The maximum atomic E-state index is 13.4. The van der Waals surface area contributed by atoms with Crippen molar-refractivity contribution in [2.45, 2.75) is 107 Å². The van der Waals surface area contributed by atoms with Crippen LogP contribution in [0.15, 0.2) is 33.7 Å². The Morgan fingerprint density at radius 3 is 1.30 bits per heavy atom. The average molecular weight is 1210 g/mol. The maximum Gasteiger partial charge on any atom is 0.370 e. The molecule has 0 saturated heterocycles. The van der Waals surface area contributed by atoms with Crippen molar-refractivity contribution in [2.24, 2.45) is 32.9 Å². The molecule has 0 aromatic heterocycles. The molecule has 34 nitrogen and oxygen atoms in total. The first-order chi connectivity index (χ1) is 40.1.